The number of carboxylic acid groups (broad SMARTS) is 1. The zero-order valence-corrected chi connectivity index (χ0v) is 13.3. The minimum atomic E-state index is -3.84. The van der Waals surface area contributed by atoms with Crippen LogP contribution in [-0.4, -0.2) is 47.9 Å². The lowest BCUT2D eigenvalue weighted by Crippen LogP contribution is -2.42. The molecule has 3 N–H and O–H groups in total. The molecule has 2 rings (SSSR count). The summed E-state index contributed by atoms with van der Waals surface area (Å²) in [5.74, 6) is -0.561. The van der Waals surface area contributed by atoms with E-state index in [0.29, 0.717) is 18.8 Å². The second-order valence-corrected chi connectivity index (χ2v) is 8.14. The number of thioether (sulfide) groups is 1. The number of hydrogen-bond acceptors (Lipinski definition) is 5. The average Bonchev–Trinajstić information content (AvgIpc) is 2.46. The van der Waals surface area contributed by atoms with Crippen molar-refractivity contribution in [2.75, 3.05) is 24.6 Å². The maximum absolute atomic E-state index is 12.7. The van der Waals surface area contributed by atoms with Crippen LogP contribution in [0.1, 0.15) is 23.7 Å². The Balaban J connectivity index is 2.44. The van der Waals surface area contributed by atoms with Gasteiger partial charge < -0.3 is 10.8 Å². The molecule has 0 saturated carbocycles. The van der Waals surface area contributed by atoms with Gasteiger partial charge in [-0.2, -0.15) is 16.1 Å². The molecule has 1 aliphatic rings. The van der Waals surface area contributed by atoms with Crippen LogP contribution < -0.4 is 5.73 Å². The summed E-state index contributed by atoms with van der Waals surface area (Å²) < 4.78 is 26.8. The maximum Gasteiger partial charge on any atom is 0.337 e. The molecule has 1 unspecified atom stereocenters. The van der Waals surface area contributed by atoms with Crippen LogP contribution in [0.4, 0.5) is 5.69 Å². The summed E-state index contributed by atoms with van der Waals surface area (Å²) in [5, 5.41) is 9.43. The Morgan fingerprint density at radius 1 is 1.52 bits per heavy atom. The predicted octanol–water partition coefficient (Wildman–Crippen LogP) is 1.48. The van der Waals surface area contributed by atoms with Crippen LogP contribution in [0.3, 0.4) is 0 Å². The number of nitrogens with zero attached hydrogens (tertiary/aromatic N) is 1. The highest BCUT2D eigenvalue weighted by Gasteiger charge is 2.32. The molecule has 0 aromatic heterocycles. The van der Waals surface area contributed by atoms with Crippen molar-refractivity contribution in [1.82, 2.24) is 4.31 Å². The highest BCUT2D eigenvalue weighted by atomic mass is 32.2. The van der Waals surface area contributed by atoms with Crippen LogP contribution in [0.25, 0.3) is 0 Å². The topological polar surface area (TPSA) is 101 Å². The van der Waals surface area contributed by atoms with E-state index in [1.807, 2.05) is 6.92 Å². The number of benzene rings is 1. The molecule has 0 radical (unpaired) electrons. The van der Waals surface area contributed by atoms with Crippen molar-refractivity contribution in [3.05, 3.63) is 23.8 Å². The fraction of sp³-hybridized carbons (Fsp3) is 0.462. The quantitative estimate of drug-likeness (QED) is 0.811. The van der Waals surface area contributed by atoms with Crippen molar-refractivity contribution in [2.24, 2.45) is 0 Å². The van der Waals surface area contributed by atoms with E-state index >= 15 is 0 Å². The van der Waals surface area contributed by atoms with E-state index in [4.69, 9.17) is 5.73 Å². The molecular formula is C13H18N2O4S2. The Kier molecular flexibility index (Phi) is 4.80. The maximum atomic E-state index is 12.7. The molecule has 1 saturated heterocycles. The molecule has 8 heteroatoms. The minimum absolute atomic E-state index is 0.225. The van der Waals surface area contributed by atoms with E-state index in [1.54, 1.807) is 11.8 Å². The van der Waals surface area contributed by atoms with Crippen LogP contribution in [0.5, 0.6) is 0 Å². The second-order valence-electron chi connectivity index (χ2n) is 4.82. The smallest absolute Gasteiger partial charge is 0.337 e. The average molecular weight is 330 g/mol. The molecule has 21 heavy (non-hydrogen) atoms. The number of carboxylic acids is 1. The van der Waals surface area contributed by atoms with Gasteiger partial charge in [-0.1, -0.05) is 6.92 Å². The number of sulfonamides is 1. The molecule has 1 aromatic rings. The highest BCUT2D eigenvalue weighted by Crippen LogP contribution is 2.28. The third-order valence-electron chi connectivity index (χ3n) is 3.41. The van der Waals surface area contributed by atoms with Gasteiger partial charge in [-0.05, 0) is 24.6 Å². The highest BCUT2D eigenvalue weighted by molar-refractivity contribution is 8.00. The van der Waals surface area contributed by atoms with Crippen molar-refractivity contribution < 1.29 is 18.3 Å². The van der Waals surface area contributed by atoms with Gasteiger partial charge in [0.15, 0.2) is 0 Å². The number of rotatable bonds is 4. The van der Waals surface area contributed by atoms with E-state index in [0.717, 1.165) is 6.42 Å². The molecule has 1 aliphatic heterocycles. The van der Waals surface area contributed by atoms with Crippen molar-refractivity contribution in [3.63, 3.8) is 0 Å². The molecule has 1 atom stereocenters. The molecule has 1 aromatic carbocycles. The van der Waals surface area contributed by atoms with E-state index < -0.39 is 16.0 Å². The van der Waals surface area contributed by atoms with Gasteiger partial charge in [-0.15, -0.1) is 0 Å². The lowest BCUT2D eigenvalue weighted by molar-refractivity contribution is 0.0692. The van der Waals surface area contributed by atoms with Crippen LogP contribution in [-0.2, 0) is 10.0 Å². The monoisotopic (exact) mass is 330 g/mol. The molecule has 6 nitrogen and oxygen atoms in total. The normalized spacial score (nSPS) is 20.3. The zero-order chi connectivity index (χ0) is 15.6. The fourth-order valence-electron chi connectivity index (χ4n) is 2.23. The standard InChI is InChI=1S/C13H18N2O4S2/c1-2-10-8-15(5-6-20-10)21(18,19)12-7-9(14)3-4-11(12)13(16)17/h3-4,7,10H,2,5-6,8,14H2,1H3,(H,16,17). The van der Waals surface area contributed by atoms with Crippen LogP contribution in [0, 0.1) is 0 Å². The lowest BCUT2D eigenvalue weighted by Gasteiger charge is -2.31. The lowest BCUT2D eigenvalue weighted by atomic mass is 10.2. The van der Waals surface area contributed by atoms with Crippen molar-refractivity contribution >= 4 is 33.4 Å². The largest absolute Gasteiger partial charge is 0.478 e. The Morgan fingerprint density at radius 2 is 2.24 bits per heavy atom. The van der Waals surface area contributed by atoms with E-state index in [9.17, 15) is 18.3 Å². The Labute approximate surface area is 128 Å². The predicted molar refractivity (Wildman–Crippen MR) is 83.1 cm³/mol. The number of carbonyl (C=O) groups is 1. The Bertz CT molecular complexity index is 646. The molecular weight excluding hydrogens is 312 g/mol. The summed E-state index contributed by atoms with van der Waals surface area (Å²) in [6.45, 7) is 2.80. The third-order valence-corrected chi connectivity index (χ3v) is 6.69. The summed E-state index contributed by atoms with van der Waals surface area (Å²) in [7, 11) is -3.84. The second kappa shape index (κ2) is 6.25. The van der Waals surface area contributed by atoms with Gasteiger partial charge in [-0.25, -0.2) is 13.2 Å². The number of nitrogens with two attached hydrogens (primary N) is 1. The van der Waals surface area contributed by atoms with Crippen molar-refractivity contribution in [1.29, 1.82) is 0 Å². The minimum Gasteiger partial charge on any atom is -0.478 e. The first kappa shape index (κ1) is 16.1. The van der Waals surface area contributed by atoms with Crippen molar-refractivity contribution in [2.45, 2.75) is 23.5 Å². The summed E-state index contributed by atoms with van der Waals surface area (Å²) >= 11 is 1.74. The van der Waals surface area contributed by atoms with Crippen molar-refractivity contribution in [3.8, 4) is 0 Å². The fourth-order valence-corrected chi connectivity index (χ4v) is 5.32. The SMILES string of the molecule is CCC1CN(S(=O)(=O)c2cc(N)ccc2C(=O)O)CCS1. The van der Waals surface area contributed by atoms with Gasteiger partial charge in [0, 0.05) is 29.8 Å². The molecule has 0 amide bonds. The van der Waals surface area contributed by atoms with Gasteiger partial charge in [0.1, 0.15) is 0 Å². The molecule has 0 bridgehead atoms. The van der Waals surface area contributed by atoms with Gasteiger partial charge in [0.25, 0.3) is 0 Å². The Morgan fingerprint density at radius 3 is 2.86 bits per heavy atom. The first-order valence-electron chi connectivity index (χ1n) is 6.60. The van der Waals surface area contributed by atoms with Gasteiger partial charge in [0.05, 0.1) is 10.5 Å². The van der Waals surface area contributed by atoms with E-state index in [-0.39, 0.29) is 21.4 Å². The zero-order valence-electron chi connectivity index (χ0n) is 11.7. The van der Waals surface area contributed by atoms with Gasteiger partial charge in [0.2, 0.25) is 10.0 Å². The molecule has 116 valence electrons. The summed E-state index contributed by atoms with van der Waals surface area (Å²) in [6, 6.07) is 3.85. The van der Waals surface area contributed by atoms with Gasteiger partial charge >= 0.3 is 5.97 Å². The molecule has 0 aliphatic carbocycles. The van der Waals surface area contributed by atoms with Crippen LogP contribution in [0.2, 0.25) is 0 Å². The number of nitrogen functional groups attached to an aromatic ring is 1. The summed E-state index contributed by atoms with van der Waals surface area (Å²) in [5.41, 5.74) is 5.62. The van der Waals surface area contributed by atoms with Crippen LogP contribution >= 0.6 is 11.8 Å². The van der Waals surface area contributed by atoms with Gasteiger partial charge in [-0.3, -0.25) is 0 Å². The molecule has 1 fully saturated rings. The first-order chi connectivity index (χ1) is 9.86. The summed E-state index contributed by atoms with van der Waals surface area (Å²) in [4.78, 5) is 11.0. The Hall–Kier alpha value is -1.25. The van der Waals surface area contributed by atoms with E-state index in [2.05, 4.69) is 0 Å². The number of aromatic carboxylic acids is 1. The summed E-state index contributed by atoms with van der Waals surface area (Å²) in [6.07, 6.45) is 0.874. The first-order valence-corrected chi connectivity index (χ1v) is 9.09. The molecule has 1 heterocycles. The van der Waals surface area contributed by atoms with E-state index in [1.165, 1.54) is 22.5 Å². The number of anilines is 1. The third kappa shape index (κ3) is 3.33. The van der Waals surface area contributed by atoms with Crippen LogP contribution in [0.15, 0.2) is 23.1 Å². The molecule has 0 spiro atoms. The number of hydrogen-bond donors (Lipinski definition) is 2.